The number of nitro groups is 1. The van der Waals surface area contributed by atoms with E-state index in [2.05, 4.69) is 26.6 Å². The predicted octanol–water partition coefficient (Wildman–Crippen LogP) is 1.99. The molecule has 0 amide bonds. The number of anilines is 1. The van der Waals surface area contributed by atoms with Gasteiger partial charge in [-0.1, -0.05) is 15.9 Å². The van der Waals surface area contributed by atoms with Crippen LogP contribution in [0.5, 0.6) is 0 Å². The van der Waals surface area contributed by atoms with E-state index in [1.54, 1.807) is 12.1 Å². The Morgan fingerprint density at radius 2 is 2.12 bits per heavy atom. The van der Waals surface area contributed by atoms with Crippen molar-refractivity contribution in [3.8, 4) is 0 Å². The van der Waals surface area contributed by atoms with Gasteiger partial charge in [-0.2, -0.15) is 0 Å². The van der Waals surface area contributed by atoms with Crippen LogP contribution >= 0.6 is 15.9 Å². The zero-order valence-corrected chi connectivity index (χ0v) is 10.6. The molecule has 1 aromatic carbocycles. The summed E-state index contributed by atoms with van der Waals surface area (Å²) < 4.78 is 0.856. The Labute approximate surface area is 107 Å². The second kappa shape index (κ2) is 3.96. The topological polar surface area (TPSA) is 67.2 Å². The van der Waals surface area contributed by atoms with Crippen LogP contribution in [0.15, 0.2) is 22.7 Å². The lowest BCUT2D eigenvalue weighted by Gasteiger charge is -2.09. The van der Waals surface area contributed by atoms with E-state index >= 15 is 0 Å². The Morgan fingerprint density at radius 1 is 1.41 bits per heavy atom. The number of nitro benzene ring substituents is 1. The SMILES string of the molecule is O=[N+]([O-])c1ccc(Br)cc1NC1C2CNCC21. The Bertz CT molecular complexity index is 470. The smallest absolute Gasteiger partial charge is 0.292 e. The molecule has 5 nitrogen and oxygen atoms in total. The summed E-state index contributed by atoms with van der Waals surface area (Å²) in [5.41, 5.74) is 0.759. The van der Waals surface area contributed by atoms with Crippen molar-refractivity contribution in [1.82, 2.24) is 5.32 Å². The lowest BCUT2D eigenvalue weighted by atomic mass is 10.2. The second-order valence-electron chi connectivity index (χ2n) is 4.57. The van der Waals surface area contributed by atoms with Crippen molar-refractivity contribution in [1.29, 1.82) is 0 Å². The number of hydrogen-bond donors (Lipinski definition) is 2. The summed E-state index contributed by atoms with van der Waals surface area (Å²) in [6.07, 6.45) is 0. The van der Waals surface area contributed by atoms with Gasteiger partial charge in [0.2, 0.25) is 0 Å². The molecule has 3 rings (SSSR count). The van der Waals surface area contributed by atoms with E-state index in [-0.39, 0.29) is 10.6 Å². The van der Waals surface area contributed by atoms with Gasteiger partial charge in [-0.25, -0.2) is 0 Å². The van der Waals surface area contributed by atoms with Crippen LogP contribution < -0.4 is 10.6 Å². The fourth-order valence-corrected chi connectivity index (χ4v) is 2.96. The average molecular weight is 298 g/mol. The van der Waals surface area contributed by atoms with E-state index in [4.69, 9.17) is 0 Å². The molecule has 1 heterocycles. The number of piperidine rings is 1. The number of benzene rings is 1. The zero-order chi connectivity index (χ0) is 12.0. The van der Waals surface area contributed by atoms with Gasteiger partial charge in [-0.3, -0.25) is 10.1 Å². The van der Waals surface area contributed by atoms with Gasteiger partial charge in [0.25, 0.3) is 5.69 Å². The van der Waals surface area contributed by atoms with Crippen molar-refractivity contribution in [2.45, 2.75) is 6.04 Å². The third kappa shape index (κ3) is 1.91. The standard InChI is InChI=1S/C11H12BrN3O2/c12-6-1-2-10(15(16)17)9(3-6)14-11-7-4-13-5-8(7)11/h1-3,7-8,11,13-14H,4-5H2. The van der Waals surface area contributed by atoms with Gasteiger partial charge in [0.15, 0.2) is 0 Å². The number of halogens is 1. The molecule has 90 valence electrons. The number of rotatable bonds is 3. The highest BCUT2D eigenvalue weighted by molar-refractivity contribution is 9.10. The van der Waals surface area contributed by atoms with Gasteiger partial charge in [-0.15, -0.1) is 0 Å². The molecule has 2 N–H and O–H groups in total. The Balaban J connectivity index is 1.82. The molecule has 0 radical (unpaired) electrons. The minimum Gasteiger partial charge on any atom is -0.376 e. The van der Waals surface area contributed by atoms with Gasteiger partial charge in [0.1, 0.15) is 5.69 Å². The van der Waals surface area contributed by atoms with Crippen LogP contribution in [0.3, 0.4) is 0 Å². The molecule has 1 aliphatic heterocycles. The van der Waals surface area contributed by atoms with E-state index in [0.29, 0.717) is 23.6 Å². The molecule has 0 aromatic heterocycles. The van der Waals surface area contributed by atoms with Crippen molar-refractivity contribution in [3.05, 3.63) is 32.8 Å². The van der Waals surface area contributed by atoms with Gasteiger partial charge in [-0.05, 0) is 24.0 Å². The first-order chi connectivity index (χ1) is 8.16. The van der Waals surface area contributed by atoms with E-state index < -0.39 is 0 Å². The van der Waals surface area contributed by atoms with E-state index in [1.807, 2.05) is 0 Å². The first-order valence-electron chi connectivity index (χ1n) is 5.58. The third-order valence-corrected chi connectivity index (χ3v) is 4.06. The molecule has 2 unspecified atom stereocenters. The predicted molar refractivity (Wildman–Crippen MR) is 68.1 cm³/mol. The lowest BCUT2D eigenvalue weighted by molar-refractivity contribution is -0.384. The Morgan fingerprint density at radius 3 is 2.76 bits per heavy atom. The van der Waals surface area contributed by atoms with Gasteiger partial charge >= 0.3 is 0 Å². The summed E-state index contributed by atoms with van der Waals surface area (Å²) in [5, 5.41) is 17.5. The molecule has 2 aliphatic rings. The largest absolute Gasteiger partial charge is 0.376 e. The minimum atomic E-state index is -0.342. The summed E-state index contributed by atoms with van der Waals surface area (Å²) in [4.78, 5) is 10.6. The summed E-state index contributed by atoms with van der Waals surface area (Å²) in [6, 6.07) is 5.39. The number of fused-ring (bicyclic) bond motifs is 1. The van der Waals surface area contributed by atoms with Crippen LogP contribution in [-0.2, 0) is 0 Å². The maximum absolute atomic E-state index is 10.9. The molecule has 1 aromatic rings. The summed E-state index contributed by atoms with van der Waals surface area (Å²) in [6.45, 7) is 2.04. The molecule has 1 aliphatic carbocycles. The average Bonchev–Trinajstić information content (AvgIpc) is 2.74. The Kier molecular flexibility index (Phi) is 2.56. The number of nitrogens with zero attached hydrogens (tertiary/aromatic N) is 1. The van der Waals surface area contributed by atoms with Crippen molar-refractivity contribution in [2.75, 3.05) is 18.4 Å². The normalized spacial score (nSPS) is 29.8. The van der Waals surface area contributed by atoms with Crippen molar-refractivity contribution in [2.24, 2.45) is 11.8 Å². The highest BCUT2D eigenvalue weighted by atomic mass is 79.9. The van der Waals surface area contributed by atoms with Crippen molar-refractivity contribution in [3.63, 3.8) is 0 Å². The van der Waals surface area contributed by atoms with Gasteiger partial charge in [0, 0.05) is 29.7 Å². The maximum atomic E-state index is 10.9. The molecule has 17 heavy (non-hydrogen) atoms. The molecule has 0 spiro atoms. The van der Waals surface area contributed by atoms with Crippen LogP contribution in [0, 0.1) is 22.0 Å². The molecular formula is C11H12BrN3O2. The van der Waals surface area contributed by atoms with E-state index in [9.17, 15) is 10.1 Å². The van der Waals surface area contributed by atoms with Gasteiger partial charge in [0.05, 0.1) is 4.92 Å². The van der Waals surface area contributed by atoms with Crippen LogP contribution in [0.4, 0.5) is 11.4 Å². The molecule has 1 saturated carbocycles. The highest BCUT2D eigenvalue weighted by Gasteiger charge is 2.53. The molecular weight excluding hydrogens is 286 g/mol. The quantitative estimate of drug-likeness (QED) is 0.661. The number of hydrogen-bond acceptors (Lipinski definition) is 4. The van der Waals surface area contributed by atoms with E-state index in [1.165, 1.54) is 6.07 Å². The maximum Gasteiger partial charge on any atom is 0.292 e. The first-order valence-corrected chi connectivity index (χ1v) is 6.37. The summed E-state index contributed by atoms with van der Waals surface area (Å²) in [5.74, 6) is 1.27. The fraction of sp³-hybridized carbons (Fsp3) is 0.455. The molecule has 6 heteroatoms. The minimum absolute atomic E-state index is 0.145. The monoisotopic (exact) mass is 297 g/mol. The molecule has 2 atom stereocenters. The first kappa shape index (κ1) is 11.0. The zero-order valence-electron chi connectivity index (χ0n) is 9.02. The van der Waals surface area contributed by atoms with Crippen LogP contribution in [-0.4, -0.2) is 24.1 Å². The summed E-state index contributed by atoms with van der Waals surface area (Å²) in [7, 11) is 0. The fourth-order valence-electron chi connectivity index (χ4n) is 2.60. The van der Waals surface area contributed by atoms with Crippen LogP contribution in [0.2, 0.25) is 0 Å². The highest BCUT2D eigenvalue weighted by Crippen LogP contribution is 2.45. The van der Waals surface area contributed by atoms with E-state index in [0.717, 1.165) is 17.6 Å². The molecule has 0 bridgehead atoms. The van der Waals surface area contributed by atoms with Gasteiger partial charge < -0.3 is 10.6 Å². The van der Waals surface area contributed by atoms with Crippen molar-refractivity contribution < 1.29 is 4.92 Å². The lowest BCUT2D eigenvalue weighted by Crippen LogP contribution is -2.21. The second-order valence-corrected chi connectivity index (χ2v) is 5.49. The number of nitrogens with one attached hydrogen (secondary N) is 2. The van der Waals surface area contributed by atoms with Crippen LogP contribution in [0.1, 0.15) is 0 Å². The van der Waals surface area contributed by atoms with Crippen LogP contribution in [0.25, 0.3) is 0 Å². The molecule has 2 fully saturated rings. The third-order valence-electron chi connectivity index (χ3n) is 3.57. The summed E-state index contributed by atoms with van der Waals surface area (Å²) >= 11 is 3.34. The Hall–Kier alpha value is -1.14. The molecule has 1 saturated heterocycles. The van der Waals surface area contributed by atoms with Crippen molar-refractivity contribution >= 4 is 27.3 Å².